The van der Waals surface area contributed by atoms with E-state index in [9.17, 15) is 9.59 Å². The molecule has 0 saturated heterocycles. The first-order valence-corrected chi connectivity index (χ1v) is 8.28. The molecule has 130 valence electrons. The number of carbonyl (C=O) groups is 2. The standard InChI is InChI=1S/C17H14BrClN2O4/c18-11-4-5-14(25-9-16(22)23)13(8-11)17(24)21-15(20)7-10-2-1-3-12(19)6-10/h1-6,8H,7,9H2,(H,22,23)(H2,20,21,24). The van der Waals surface area contributed by atoms with Crippen molar-refractivity contribution in [2.24, 2.45) is 10.7 Å². The van der Waals surface area contributed by atoms with Gasteiger partial charge in [0.2, 0.25) is 0 Å². The molecule has 0 radical (unpaired) electrons. The molecule has 0 aliphatic heterocycles. The van der Waals surface area contributed by atoms with Crippen LogP contribution in [0.5, 0.6) is 5.75 Å². The van der Waals surface area contributed by atoms with Gasteiger partial charge in [-0.25, -0.2) is 4.79 Å². The minimum absolute atomic E-state index is 0.108. The zero-order chi connectivity index (χ0) is 18.4. The maximum absolute atomic E-state index is 12.4. The molecule has 25 heavy (non-hydrogen) atoms. The Kier molecular flexibility index (Phi) is 6.55. The van der Waals surface area contributed by atoms with Gasteiger partial charge in [-0.2, -0.15) is 4.99 Å². The third-order valence-corrected chi connectivity index (χ3v) is 3.77. The van der Waals surface area contributed by atoms with Crippen LogP contribution in [-0.4, -0.2) is 29.4 Å². The molecule has 2 rings (SSSR count). The van der Waals surface area contributed by atoms with E-state index in [1.165, 1.54) is 12.1 Å². The molecule has 0 spiro atoms. The number of carboxylic acid groups (broad SMARTS) is 1. The highest BCUT2D eigenvalue weighted by Crippen LogP contribution is 2.24. The number of hydrogen-bond donors (Lipinski definition) is 2. The second-order valence-electron chi connectivity index (χ2n) is 5.04. The molecule has 0 bridgehead atoms. The van der Waals surface area contributed by atoms with Gasteiger partial charge in [-0.1, -0.05) is 39.7 Å². The lowest BCUT2D eigenvalue weighted by Gasteiger charge is -2.08. The van der Waals surface area contributed by atoms with E-state index in [0.29, 0.717) is 9.50 Å². The molecule has 1 amide bonds. The minimum atomic E-state index is -1.15. The summed E-state index contributed by atoms with van der Waals surface area (Å²) < 4.78 is 5.75. The molecule has 0 aromatic heterocycles. The number of ether oxygens (including phenoxy) is 1. The van der Waals surface area contributed by atoms with Gasteiger partial charge in [-0.3, -0.25) is 4.79 Å². The molecule has 2 aromatic carbocycles. The Hall–Kier alpha value is -2.38. The Bertz CT molecular complexity index is 839. The fourth-order valence-corrected chi connectivity index (χ4v) is 2.59. The Labute approximate surface area is 157 Å². The highest BCUT2D eigenvalue weighted by atomic mass is 79.9. The Morgan fingerprint density at radius 2 is 2.00 bits per heavy atom. The summed E-state index contributed by atoms with van der Waals surface area (Å²) in [6, 6.07) is 11.7. The van der Waals surface area contributed by atoms with Gasteiger partial charge in [0.25, 0.3) is 5.91 Å². The number of rotatable bonds is 6. The zero-order valence-electron chi connectivity index (χ0n) is 12.9. The van der Waals surface area contributed by atoms with Crippen molar-refractivity contribution in [2.45, 2.75) is 6.42 Å². The maximum Gasteiger partial charge on any atom is 0.341 e. The van der Waals surface area contributed by atoms with Crippen LogP contribution in [-0.2, 0) is 11.2 Å². The minimum Gasteiger partial charge on any atom is -0.481 e. The summed E-state index contributed by atoms with van der Waals surface area (Å²) in [7, 11) is 0. The lowest BCUT2D eigenvalue weighted by atomic mass is 10.1. The monoisotopic (exact) mass is 424 g/mol. The lowest BCUT2D eigenvalue weighted by Crippen LogP contribution is -2.18. The predicted molar refractivity (Wildman–Crippen MR) is 98.4 cm³/mol. The second-order valence-corrected chi connectivity index (χ2v) is 6.39. The number of aliphatic imine (C=N–C) groups is 1. The molecule has 6 nitrogen and oxygen atoms in total. The number of hydrogen-bond acceptors (Lipinski definition) is 3. The summed E-state index contributed by atoms with van der Waals surface area (Å²) in [5, 5.41) is 9.28. The first kappa shape index (κ1) is 19.0. The van der Waals surface area contributed by atoms with Crippen LogP contribution in [0.1, 0.15) is 15.9 Å². The molecule has 0 unspecified atom stereocenters. The smallest absolute Gasteiger partial charge is 0.341 e. The van der Waals surface area contributed by atoms with Crippen molar-refractivity contribution >= 4 is 45.2 Å². The lowest BCUT2D eigenvalue weighted by molar-refractivity contribution is -0.139. The van der Waals surface area contributed by atoms with Gasteiger partial charge in [0.15, 0.2) is 6.61 Å². The molecule has 2 aromatic rings. The van der Waals surface area contributed by atoms with E-state index in [4.69, 9.17) is 27.2 Å². The van der Waals surface area contributed by atoms with Crippen molar-refractivity contribution in [3.63, 3.8) is 0 Å². The molecule has 0 fully saturated rings. The largest absolute Gasteiger partial charge is 0.481 e. The molecule has 8 heteroatoms. The first-order valence-electron chi connectivity index (χ1n) is 7.11. The topological polar surface area (TPSA) is 102 Å². The van der Waals surface area contributed by atoms with Gasteiger partial charge in [0.1, 0.15) is 11.6 Å². The summed E-state index contributed by atoms with van der Waals surface area (Å²) >= 11 is 9.17. The quantitative estimate of drug-likeness (QED) is 0.546. The number of halogens is 2. The van der Waals surface area contributed by atoms with Crippen molar-refractivity contribution in [1.82, 2.24) is 0 Å². The molecule has 3 N–H and O–H groups in total. The molecule has 0 aliphatic rings. The Morgan fingerprint density at radius 3 is 2.68 bits per heavy atom. The van der Waals surface area contributed by atoms with Crippen LogP contribution in [0.4, 0.5) is 0 Å². The van der Waals surface area contributed by atoms with Crippen LogP contribution < -0.4 is 10.5 Å². The van der Waals surface area contributed by atoms with E-state index in [1.807, 2.05) is 6.07 Å². The normalized spacial score (nSPS) is 11.2. The number of nitrogens with zero attached hydrogens (tertiary/aromatic N) is 1. The van der Waals surface area contributed by atoms with Gasteiger partial charge >= 0.3 is 5.97 Å². The summed E-state index contributed by atoms with van der Waals surface area (Å²) in [5.41, 5.74) is 6.78. The molecule has 0 saturated carbocycles. The molecular formula is C17H14BrClN2O4. The van der Waals surface area contributed by atoms with Crippen LogP contribution in [0, 0.1) is 0 Å². The van der Waals surface area contributed by atoms with Crippen LogP contribution >= 0.6 is 27.5 Å². The van der Waals surface area contributed by atoms with E-state index in [2.05, 4.69) is 20.9 Å². The van der Waals surface area contributed by atoms with Gasteiger partial charge in [-0.05, 0) is 35.9 Å². The summed E-state index contributed by atoms with van der Waals surface area (Å²) in [5.74, 6) is -1.54. The number of nitrogens with two attached hydrogens (primary N) is 1. The fraction of sp³-hybridized carbons (Fsp3) is 0.118. The van der Waals surface area contributed by atoms with E-state index in [-0.39, 0.29) is 23.6 Å². The maximum atomic E-state index is 12.4. The van der Waals surface area contributed by atoms with Crippen molar-refractivity contribution < 1.29 is 19.4 Å². The van der Waals surface area contributed by atoms with Crippen LogP contribution in [0.3, 0.4) is 0 Å². The van der Waals surface area contributed by atoms with Gasteiger partial charge in [-0.15, -0.1) is 0 Å². The predicted octanol–water partition coefficient (Wildman–Crippen LogP) is 3.31. The number of amidine groups is 1. The van der Waals surface area contributed by atoms with Gasteiger partial charge in [0.05, 0.1) is 5.56 Å². The third kappa shape index (κ3) is 5.88. The van der Waals surface area contributed by atoms with Crippen molar-refractivity contribution in [2.75, 3.05) is 6.61 Å². The zero-order valence-corrected chi connectivity index (χ0v) is 15.3. The van der Waals surface area contributed by atoms with Gasteiger partial charge in [0, 0.05) is 15.9 Å². The van der Waals surface area contributed by atoms with Crippen LogP contribution in [0.25, 0.3) is 0 Å². The number of carboxylic acids is 1. The first-order chi connectivity index (χ1) is 11.8. The van der Waals surface area contributed by atoms with Crippen molar-refractivity contribution in [1.29, 1.82) is 0 Å². The number of benzene rings is 2. The summed E-state index contributed by atoms with van der Waals surface area (Å²) in [4.78, 5) is 26.9. The van der Waals surface area contributed by atoms with Gasteiger partial charge < -0.3 is 15.6 Å². The summed E-state index contributed by atoms with van der Waals surface area (Å²) in [6.45, 7) is -0.566. The summed E-state index contributed by atoms with van der Waals surface area (Å²) in [6.07, 6.45) is 0.256. The van der Waals surface area contributed by atoms with Crippen molar-refractivity contribution in [3.05, 3.63) is 63.1 Å². The molecule has 0 heterocycles. The molecule has 0 atom stereocenters. The van der Waals surface area contributed by atoms with E-state index < -0.39 is 18.5 Å². The number of aliphatic carboxylic acids is 1. The highest BCUT2D eigenvalue weighted by molar-refractivity contribution is 9.10. The van der Waals surface area contributed by atoms with E-state index in [1.54, 1.807) is 24.3 Å². The third-order valence-electron chi connectivity index (χ3n) is 3.04. The van der Waals surface area contributed by atoms with E-state index >= 15 is 0 Å². The number of carbonyl (C=O) groups excluding carboxylic acids is 1. The van der Waals surface area contributed by atoms with E-state index in [0.717, 1.165) is 5.56 Å². The van der Waals surface area contributed by atoms with Crippen LogP contribution in [0.2, 0.25) is 5.02 Å². The Balaban J connectivity index is 2.21. The molecule has 0 aliphatic carbocycles. The average molecular weight is 426 g/mol. The van der Waals surface area contributed by atoms with Crippen LogP contribution in [0.15, 0.2) is 51.9 Å². The fourth-order valence-electron chi connectivity index (χ4n) is 2.02. The average Bonchev–Trinajstić information content (AvgIpc) is 2.53. The highest BCUT2D eigenvalue weighted by Gasteiger charge is 2.14. The Morgan fingerprint density at radius 1 is 1.24 bits per heavy atom. The SMILES string of the molecule is NC(Cc1cccc(Cl)c1)=NC(=O)c1cc(Br)ccc1OCC(=O)O. The molecular weight excluding hydrogens is 412 g/mol. The number of amides is 1. The second kappa shape index (κ2) is 8.64. The van der Waals surface area contributed by atoms with Crippen molar-refractivity contribution in [3.8, 4) is 5.75 Å².